The molecule has 0 fully saturated rings. The predicted molar refractivity (Wildman–Crippen MR) is 76.4 cm³/mol. The molecule has 1 aromatic heterocycles. The van der Waals surface area contributed by atoms with Crippen LogP contribution in [0.5, 0.6) is 0 Å². The highest BCUT2D eigenvalue weighted by Gasteiger charge is 2.14. The molecule has 0 spiro atoms. The summed E-state index contributed by atoms with van der Waals surface area (Å²) in [6.45, 7) is 1.81. The molecule has 0 unspecified atom stereocenters. The average Bonchev–Trinajstić information content (AvgIpc) is 2.77. The smallest absolute Gasteiger partial charge is 0.347 e. The zero-order valence-electron chi connectivity index (χ0n) is 10.5. The van der Waals surface area contributed by atoms with Gasteiger partial charge in [0.15, 0.2) is 0 Å². The third-order valence-corrected chi connectivity index (χ3v) is 3.90. The topological polar surface area (TPSA) is 79.3 Å². The third kappa shape index (κ3) is 3.34. The molecular weight excluding hydrogens is 300 g/mol. The van der Waals surface area contributed by atoms with Gasteiger partial charge in [-0.3, -0.25) is 4.79 Å². The third-order valence-electron chi connectivity index (χ3n) is 2.52. The molecule has 104 valence electrons. The molecule has 0 atom stereocenters. The normalized spacial score (nSPS) is 10.3. The maximum absolute atomic E-state index is 11.9. The zero-order chi connectivity index (χ0) is 14.7. The fraction of sp³-hybridized carbons (Fsp3) is 0.154. The fourth-order valence-electron chi connectivity index (χ4n) is 1.61. The number of carbonyl (C=O) groups is 2. The Morgan fingerprint density at radius 1 is 1.45 bits per heavy atom. The summed E-state index contributed by atoms with van der Waals surface area (Å²) in [6, 6.07) is 6.58. The highest BCUT2D eigenvalue weighted by molar-refractivity contribution is 7.13. The number of carbonyl (C=O) groups excluding carboxylic acids is 1. The Bertz CT molecular complexity index is 669. The first-order valence-electron chi connectivity index (χ1n) is 5.70. The van der Waals surface area contributed by atoms with Gasteiger partial charge in [0.05, 0.1) is 12.2 Å². The first-order chi connectivity index (χ1) is 9.47. The Morgan fingerprint density at radius 2 is 2.20 bits per heavy atom. The highest BCUT2D eigenvalue weighted by atomic mass is 35.5. The van der Waals surface area contributed by atoms with E-state index in [4.69, 9.17) is 16.7 Å². The van der Waals surface area contributed by atoms with Crippen LogP contribution in [0.4, 0.5) is 0 Å². The predicted octanol–water partition coefficient (Wildman–Crippen LogP) is 2.73. The second-order valence-electron chi connectivity index (χ2n) is 4.02. The number of halogens is 1. The Morgan fingerprint density at radius 3 is 2.80 bits per heavy atom. The molecular formula is C13H11ClN2O3S. The standard InChI is InChI=1S/C13H11ClN2O3S/c1-7-11(13(18)19)20-10(16-7)6-15-12(17)8-3-2-4-9(14)5-8/h2-5H,6H2,1H3,(H,15,17)(H,18,19). The van der Waals surface area contributed by atoms with Crippen LogP contribution in [-0.2, 0) is 6.54 Å². The number of benzene rings is 1. The summed E-state index contributed by atoms with van der Waals surface area (Å²) in [5.41, 5.74) is 0.902. The van der Waals surface area contributed by atoms with Gasteiger partial charge in [0, 0.05) is 10.6 Å². The van der Waals surface area contributed by atoms with Crippen LogP contribution in [0.3, 0.4) is 0 Å². The van der Waals surface area contributed by atoms with Crippen LogP contribution >= 0.6 is 22.9 Å². The first-order valence-corrected chi connectivity index (χ1v) is 6.90. The van der Waals surface area contributed by atoms with Gasteiger partial charge < -0.3 is 10.4 Å². The van der Waals surface area contributed by atoms with Crippen molar-refractivity contribution in [3.63, 3.8) is 0 Å². The molecule has 5 nitrogen and oxygen atoms in total. The summed E-state index contributed by atoms with van der Waals surface area (Å²) in [5, 5.41) is 12.6. The van der Waals surface area contributed by atoms with Crippen molar-refractivity contribution in [2.75, 3.05) is 0 Å². The van der Waals surface area contributed by atoms with Crippen LogP contribution in [0.2, 0.25) is 5.02 Å². The van der Waals surface area contributed by atoms with Gasteiger partial charge in [-0.25, -0.2) is 9.78 Å². The number of nitrogens with one attached hydrogen (secondary N) is 1. The molecule has 1 heterocycles. The minimum Gasteiger partial charge on any atom is -0.477 e. The van der Waals surface area contributed by atoms with E-state index in [1.807, 2.05) is 0 Å². The molecule has 0 aliphatic heterocycles. The lowest BCUT2D eigenvalue weighted by Crippen LogP contribution is -2.22. The van der Waals surface area contributed by atoms with Crippen LogP contribution in [0, 0.1) is 6.92 Å². The van der Waals surface area contributed by atoms with E-state index < -0.39 is 5.97 Å². The molecule has 20 heavy (non-hydrogen) atoms. The van der Waals surface area contributed by atoms with E-state index >= 15 is 0 Å². The van der Waals surface area contributed by atoms with Crippen molar-refractivity contribution in [2.24, 2.45) is 0 Å². The minimum absolute atomic E-state index is 0.185. The van der Waals surface area contributed by atoms with E-state index in [-0.39, 0.29) is 17.3 Å². The van der Waals surface area contributed by atoms with E-state index in [1.165, 1.54) is 0 Å². The van der Waals surface area contributed by atoms with Gasteiger partial charge in [-0.2, -0.15) is 0 Å². The zero-order valence-corrected chi connectivity index (χ0v) is 12.1. The van der Waals surface area contributed by atoms with Gasteiger partial charge in [0.25, 0.3) is 5.91 Å². The van der Waals surface area contributed by atoms with Crippen LogP contribution in [0.15, 0.2) is 24.3 Å². The van der Waals surface area contributed by atoms with Crippen molar-refractivity contribution in [3.8, 4) is 0 Å². The van der Waals surface area contributed by atoms with E-state index in [0.717, 1.165) is 11.3 Å². The molecule has 0 aliphatic rings. The molecule has 1 aromatic carbocycles. The number of hydrogen-bond donors (Lipinski definition) is 2. The Labute approximate surface area is 124 Å². The van der Waals surface area contributed by atoms with Crippen molar-refractivity contribution >= 4 is 34.8 Å². The average molecular weight is 311 g/mol. The van der Waals surface area contributed by atoms with Crippen molar-refractivity contribution in [2.45, 2.75) is 13.5 Å². The van der Waals surface area contributed by atoms with Gasteiger partial charge in [-0.1, -0.05) is 17.7 Å². The summed E-state index contributed by atoms with van der Waals surface area (Å²) < 4.78 is 0. The number of amides is 1. The Kier molecular flexibility index (Phi) is 4.36. The molecule has 0 saturated heterocycles. The summed E-state index contributed by atoms with van der Waals surface area (Å²) in [5.74, 6) is -1.29. The molecule has 0 aliphatic carbocycles. The lowest BCUT2D eigenvalue weighted by atomic mass is 10.2. The lowest BCUT2D eigenvalue weighted by molar-refractivity contribution is 0.0701. The number of aromatic nitrogens is 1. The van der Waals surface area contributed by atoms with Gasteiger partial charge in [0.1, 0.15) is 9.88 Å². The van der Waals surface area contributed by atoms with Gasteiger partial charge >= 0.3 is 5.97 Å². The number of nitrogens with zero attached hydrogens (tertiary/aromatic N) is 1. The van der Waals surface area contributed by atoms with Gasteiger partial charge in [0.2, 0.25) is 0 Å². The maximum Gasteiger partial charge on any atom is 0.347 e. The van der Waals surface area contributed by atoms with E-state index in [2.05, 4.69) is 10.3 Å². The molecule has 0 radical (unpaired) electrons. The molecule has 2 aromatic rings. The number of hydrogen-bond acceptors (Lipinski definition) is 4. The summed E-state index contributed by atoms with van der Waals surface area (Å²) in [7, 11) is 0. The molecule has 0 bridgehead atoms. The number of rotatable bonds is 4. The van der Waals surface area contributed by atoms with Crippen LogP contribution in [0.25, 0.3) is 0 Å². The second-order valence-corrected chi connectivity index (χ2v) is 5.54. The number of thiazole rings is 1. The SMILES string of the molecule is Cc1nc(CNC(=O)c2cccc(Cl)c2)sc1C(=O)O. The maximum atomic E-state index is 11.9. The quantitative estimate of drug-likeness (QED) is 0.910. The molecule has 7 heteroatoms. The Hall–Kier alpha value is -1.92. The van der Waals surface area contributed by atoms with Crippen LogP contribution < -0.4 is 5.32 Å². The number of aryl methyl sites for hydroxylation is 1. The largest absolute Gasteiger partial charge is 0.477 e. The van der Waals surface area contributed by atoms with Crippen LogP contribution in [-0.4, -0.2) is 22.0 Å². The van der Waals surface area contributed by atoms with Gasteiger partial charge in [-0.05, 0) is 25.1 Å². The van der Waals surface area contributed by atoms with E-state index in [0.29, 0.717) is 21.3 Å². The summed E-state index contributed by atoms with van der Waals surface area (Å²) in [4.78, 5) is 27.1. The van der Waals surface area contributed by atoms with E-state index in [9.17, 15) is 9.59 Å². The molecule has 1 amide bonds. The monoisotopic (exact) mass is 310 g/mol. The Balaban J connectivity index is 2.04. The van der Waals surface area contributed by atoms with Crippen molar-refractivity contribution in [3.05, 3.63) is 50.4 Å². The highest BCUT2D eigenvalue weighted by Crippen LogP contribution is 2.18. The fourth-order valence-corrected chi connectivity index (χ4v) is 2.65. The second kappa shape index (κ2) is 6.02. The summed E-state index contributed by atoms with van der Waals surface area (Å²) in [6.07, 6.45) is 0. The summed E-state index contributed by atoms with van der Waals surface area (Å²) >= 11 is 6.87. The number of aromatic carboxylic acids is 1. The van der Waals surface area contributed by atoms with Crippen LogP contribution in [0.1, 0.15) is 30.7 Å². The molecule has 0 saturated carbocycles. The molecule has 2 N–H and O–H groups in total. The minimum atomic E-state index is -1.01. The number of carboxylic acids is 1. The molecule has 2 rings (SSSR count). The number of carboxylic acid groups (broad SMARTS) is 1. The van der Waals surface area contributed by atoms with Crippen molar-refractivity contribution in [1.82, 2.24) is 10.3 Å². The first kappa shape index (κ1) is 14.5. The lowest BCUT2D eigenvalue weighted by Gasteiger charge is -2.03. The van der Waals surface area contributed by atoms with Crippen molar-refractivity contribution < 1.29 is 14.7 Å². The van der Waals surface area contributed by atoms with Gasteiger partial charge in [-0.15, -0.1) is 11.3 Å². The van der Waals surface area contributed by atoms with Crippen molar-refractivity contribution in [1.29, 1.82) is 0 Å². The van der Waals surface area contributed by atoms with E-state index in [1.54, 1.807) is 31.2 Å².